The summed E-state index contributed by atoms with van der Waals surface area (Å²) in [5.74, 6) is 0.635. The van der Waals surface area contributed by atoms with Crippen LogP contribution in [0.5, 0.6) is 0 Å². The molecule has 19 heavy (non-hydrogen) atoms. The molecule has 3 rings (SSSR count). The first-order chi connectivity index (χ1) is 9.26. The topological polar surface area (TPSA) is 50.7 Å². The maximum Gasteiger partial charge on any atom is 0.223 e. The van der Waals surface area contributed by atoms with Crippen molar-refractivity contribution >= 4 is 16.9 Å². The molecule has 0 fully saturated rings. The van der Waals surface area contributed by atoms with E-state index >= 15 is 0 Å². The van der Waals surface area contributed by atoms with Crippen LogP contribution >= 0.6 is 0 Å². The normalized spacial score (nSPS) is 10.6. The highest BCUT2D eigenvalue weighted by Gasteiger charge is 2.05. The standard InChI is InChI=1S/C15H14N4/c1-10-8-14(19-15(16-2)18-10)12-6-5-11-4-3-7-17-13(11)9-12/h3-9H,1-2H3,(H,16,18,19). The van der Waals surface area contributed by atoms with Gasteiger partial charge < -0.3 is 5.32 Å². The van der Waals surface area contributed by atoms with Crippen molar-refractivity contribution in [2.45, 2.75) is 6.92 Å². The summed E-state index contributed by atoms with van der Waals surface area (Å²) in [5, 5.41) is 4.11. The summed E-state index contributed by atoms with van der Waals surface area (Å²) >= 11 is 0. The second-order valence-corrected chi connectivity index (χ2v) is 4.38. The Bertz CT molecular complexity index is 737. The Morgan fingerprint density at radius 1 is 1.05 bits per heavy atom. The zero-order valence-corrected chi connectivity index (χ0v) is 10.9. The average molecular weight is 250 g/mol. The van der Waals surface area contributed by atoms with E-state index in [1.54, 1.807) is 6.20 Å². The zero-order chi connectivity index (χ0) is 13.2. The van der Waals surface area contributed by atoms with Crippen molar-refractivity contribution in [2.24, 2.45) is 0 Å². The molecule has 0 aliphatic carbocycles. The van der Waals surface area contributed by atoms with Crippen LogP contribution in [0, 0.1) is 6.92 Å². The molecule has 0 aliphatic heterocycles. The summed E-state index contributed by atoms with van der Waals surface area (Å²) in [5.41, 5.74) is 3.87. The smallest absolute Gasteiger partial charge is 0.223 e. The van der Waals surface area contributed by atoms with Crippen molar-refractivity contribution in [3.8, 4) is 11.3 Å². The van der Waals surface area contributed by atoms with Gasteiger partial charge in [0.25, 0.3) is 0 Å². The second-order valence-electron chi connectivity index (χ2n) is 4.38. The summed E-state index contributed by atoms with van der Waals surface area (Å²) in [4.78, 5) is 13.2. The van der Waals surface area contributed by atoms with Crippen molar-refractivity contribution in [1.29, 1.82) is 0 Å². The Morgan fingerprint density at radius 2 is 1.95 bits per heavy atom. The highest BCUT2D eigenvalue weighted by Crippen LogP contribution is 2.23. The van der Waals surface area contributed by atoms with Gasteiger partial charge in [-0.25, -0.2) is 9.97 Å². The highest BCUT2D eigenvalue weighted by atomic mass is 15.1. The van der Waals surface area contributed by atoms with E-state index in [2.05, 4.69) is 44.5 Å². The quantitative estimate of drug-likeness (QED) is 0.759. The zero-order valence-electron chi connectivity index (χ0n) is 10.9. The average Bonchev–Trinajstić information content (AvgIpc) is 2.46. The third kappa shape index (κ3) is 2.25. The molecule has 0 saturated heterocycles. The van der Waals surface area contributed by atoms with Gasteiger partial charge in [0.05, 0.1) is 11.2 Å². The Morgan fingerprint density at radius 3 is 2.79 bits per heavy atom. The number of aromatic nitrogens is 3. The number of nitrogens with zero attached hydrogens (tertiary/aromatic N) is 3. The predicted molar refractivity (Wildman–Crippen MR) is 77.1 cm³/mol. The van der Waals surface area contributed by atoms with Crippen molar-refractivity contribution < 1.29 is 0 Å². The summed E-state index contributed by atoms with van der Waals surface area (Å²) in [6.07, 6.45) is 1.80. The molecule has 0 aliphatic rings. The van der Waals surface area contributed by atoms with Crippen LogP contribution in [0.4, 0.5) is 5.95 Å². The Labute approximate surface area is 111 Å². The molecule has 4 nitrogen and oxygen atoms in total. The maximum absolute atomic E-state index is 4.48. The molecule has 0 spiro atoms. The number of nitrogens with one attached hydrogen (secondary N) is 1. The summed E-state index contributed by atoms with van der Waals surface area (Å²) < 4.78 is 0. The van der Waals surface area contributed by atoms with E-state index in [0.29, 0.717) is 5.95 Å². The van der Waals surface area contributed by atoms with Gasteiger partial charge in [0, 0.05) is 29.9 Å². The van der Waals surface area contributed by atoms with Crippen molar-refractivity contribution in [3.05, 3.63) is 48.3 Å². The molecule has 2 aromatic heterocycles. The molecule has 94 valence electrons. The van der Waals surface area contributed by atoms with Crippen LogP contribution in [-0.2, 0) is 0 Å². The van der Waals surface area contributed by atoms with Gasteiger partial charge in [-0.05, 0) is 25.1 Å². The molecular formula is C15H14N4. The van der Waals surface area contributed by atoms with Gasteiger partial charge in [0.2, 0.25) is 5.95 Å². The third-order valence-electron chi connectivity index (χ3n) is 2.98. The number of aryl methyl sites for hydroxylation is 1. The van der Waals surface area contributed by atoms with Gasteiger partial charge in [0.1, 0.15) is 0 Å². The summed E-state index contributed by atoms with van der Waals surface area (Å²) in [6.45, 7) is 1.96. The lowest BCUT2D eigenvalue weighted by atomic mass is 10.1. The van der Waals surface area contributed by atoms with Gasteiger partial charge in [-0.1, -0.05) is 18.2 Å². The lowest BCUT2D eigenvalue weighted by Crippen LogP contribution is -1.99. The number of pyridine rings is 1. The fourth-order valence-corrected chi connectivity index (χ4v) is 2.05. The minimum Gasteiger partial charge on any atom is -0.357 e. The minimum absolute atomic E-state index is 0.635. The van der Waals surface area contributed by atoms with Crippen LogP contribution in [0.2, 0.25) is 0 Å². The fourth-order valence-electron chi connectivity index (χ4n) is 2.05. The number of hydrogen-bond acceptors (Lipinski definition) is 4. The number of rotatable bonds is 2. The molecule has 0 atom stereocenters. The molecule has 4 heteroatoms. The third-order valence-corrected chi connectivity index (χ3v) is 2.98. The lowest BCUT2D eigenvalue weighted by molar-refractivity contribution is 1.10. The van der Waals surface area contributed by atoms with E-state index in [1.165, 1.54) is 0 Å². The van der Waals surface area contributed by atoms with Crippen LogP contribution in [0.25, 0.3) is 22.2 Å². The van der Waals surface area contributed by atoms with E-state index < -0.39 is 0 Å². The van der Waals surface area contributed by atoms with Gasteiger partial charge in [0.15, 0.2) is 0 Å². The molecule has 0 amide bonds. The van der Waals surface area contributed by atoms with Crippen LogP contribution in [0.15, 0.2) is 42.6 Å². The Hall–Kier alpha value is -2.49. The van der Waals surface area contributed by atoms with E-state index in [9.17, 15) is 0 Å². The first-order valence-electron chi connectivity index (χ1n) is 6.15. The van der Waals surface area contributed by atoms with Gasteiger partial charge in [-0.2, -0.15) is 0 Å². The summed E-state index contributed by atoms with van der Waals surface area (Å²) in [7, 11) is 1.82. The van der Waals surface area contributed by atoms with E-state index in [0.717, 1.165) is 27.9 Å². The second kappa shape index (κ2) is 4.65. The SMILES string of the molecule is CNc1nc(C)cc(-c2ccc3cccnc3c2)n1. The van der Waals surface area contributed by atoms with Gasteiger partial charge in [-0.15, -0.1) is 0 Å². The largest absolute Gasteiger partial charge is 0.357 e. The van der Waals surface area contributed by atoms with Crippen molar-refractivity contribution in [3.63, 3.8) is 0 Å². The van der Waals surface area contributed by atoms with Crippen LogP contribution in [-0.4, -0.2) is 22.0 Å². The Kier molecular flexibility index (Phi) is 2.83. The van der Waals surface area contributed by atoms with Crippen molar-refractivity contribution in [2.75, 3.05) is 12.4 Å². The number of fused-ring (bicyclic) bond motifs is 1. The maximum atomic E-state index is 4.48. The van der Waals surface area contributed by atoms with E-state index in [-0.39, 0.29) is 0 Å². The van der Waals surface area contributed by atoms with Gasteiger partial charge >= 0.3 is 0 Å². The van der Waals surface area contributed by atoms with Crippen molar-refractivity contribution in [1.82, 2.24) is 15.0 Å². The monoisotopic (exact) mass is 250 g/mol. The Balaban J connectivity index is 2.15. The predicted octanol–water partition coefficient (Wildman–Crippen LogP) is 3.04. The number of benzene rings is 1. The summed E-state index contributed by atoms with van der Waals surface area (Å²) in [6, 6.07) is 12.1. The minimum atomic E-state index is 0.635. The molecule has 1 N–H and O–H groups in total. The lowest BCUT2D eigenvalue weighted by Gasteiger charge is -2.06. The molecule has 2 heterocycles. The number of hydrogen-bond donors (Lipinski definition) is 1. The first-order valence-corrected chi connectivity index (χ1v) is 6.15. The fraction of sp³-hybridized carbons (Fsp3) is 0.133. The molecule has 1 aromatic carbocycles. The molecule has 0 unspecified atom stereocenters. The van der Waals surface area contributed by atoms with E-state index in [4.69, 9.17) is 0 Å². The molecule has 0 saturated carbocycles. The van der Waals surface area contributed by atoms with E-state index in [1.807, 2.05) is 26.1 Å². The molecule has 3 aromatic rings. The van der Waals surface area contributed by atoms with Gasteiger partial charge in [-0.3, -0.25) is 4.98 Å². The van der Waals surface area contributed by atoms with Crippen LogP contribution in [0.3, 0.4) is 0 Å². The first kappa shape index (κ1) is 11.6. The highest BCUT2D eigenvalue weighted by molar-refractivity contribution is 5.83. The molecular weight excluding hydrogens is 236 g/mol. The van der Waals surface area contributed by atoms with Crippen LogP contribution in [0.1, 0.15) is 5.69 Å². The number of anilines is 1. The molecule has 0 radical (unpaired) electrons. The molecule has 0 bridgehead atoms. The van der Waals surface area contributed by atoms with Crippen LogP contribution < -0.4 is 5.32 Å².